The van der Waals surface area contributed by atoms with Gasteiger partial charge in [0.25, 0.3) is 0 Å². The molecular formula is C16H14N6OS. The molecular weight excluding hydrogens is 324 g/mol. The van der Waals surface area contributed by atoms with E-state index in [0.717, 1.165) is 27.2 Å². The van der Waals surface area contributed by atoms with Crippen LogP contribution in [0.15, 0.2) is 46.1 Å². The van der Waals surface area contributed by atoms with Gasteiger partial charge in [0.2, 0.25) is 0 Å². The number of anilines is 1. The van der Waals surface area contributed by atoms with Crippen LogP contribution in [0.25, 0.3) is 33.8 Å². The highest BCUT2D eigenvalue weighted by molar-refractivity contribution is 7.80. The van der Waals surface area contributed by atoms with E-state index in [2.05, 4.69) is 32.9 Å². The molecule has 0 bridgehead atoms. The monoisotopic (exact) mass is 338 g/mol. The summed E-state index contributed by atoms with van der Waals surface area (Å²) in [5.41, 5.74) is 9.81. The Balaban J connectivity index is 1.92. The molecule has 0 fully saturated rings. The Bertz CT molecular complexity index is 1040. The van der Waals surface area contributed by atoms with Crippen LogP contribution in [-0.4, -0.2) is 24.8 Å². The molecule has 4 aromatic rings. The maximum Gasteiger partial charge on any atom is 0.199 e. The van der Waals surface area contributed by atoms with Gasteiger partial charge in [-0.15, -0.1) is 12.6 Å². The van der Waals surface area contributed by atoms with E-state index in [1.165, 1.54) is 0 Å². The summed E-state index contributed by atoms with van der Waals surface area (Å²) in [6.07, 6.45) is 1.75. The van der Waals surface area contributed by atoms with Gasteiger partial charge in [0.1, 0.15) is 5.52 Å². The normalized spacial score (nSPS) is 11.2. The lowest BCUT2D eigenvalue weighted by molar-refractivity contribution is 0.310. The molecule has 0 radical (unpaired) electrons. The summed E-state index contributed by atoms with van der Waals surface area (Å²) < 4.78 is 6.71. The summed E-state index contributed by atoms with van der Waals surface area (Å²) in [6.45, 7) is 2.73. The molecule has 8 heteroatoms. The second kappa shape index (κ2) is 5.64. The van der Waals surface area contributed by atoms with Gasteiger partial charge in [-0.05, 0) is 35.4 Å². The number of benzene rings is 1. The van der Waals surface area contributed by atoms with E-state index in [9.17, 15) is 0 Å². The Morgan fingerprint density at radius 1 is 1.25 bits per heavy atom. The first-order valence-electron chi connectivity index (χ1n) is 7.41. The van der Waals surface area contributed by atoms with Gasteiger partial charge in [0.15, 0.2) is 17.3 Å². The van der Waals surface area contributed by atoms with Crippen molar-refractivity contribution in [2.75, 3.05) is 5.73 Å². The number of aryl methyl sites for hydroxylation is 1. The minimum absolute atomic E-state index is 0.218. The average molecular weight is 338 g/mol. The number of imidazole rings is 1. The summed E-state index contributed by atoms with van der Waals surface area (Å²) in [7, 11) is 0. The van der Waals surface area contributed by atoms with Crippen molar-refractivity contribution in [3.05, 3.63) is 36.5 Å². The van der Waals surface area contributed by atoms with Gasteiger partial charge in [0.05, 0.1) is 17.4 Å². The maximum absolute atomic E-state index is 5.81. The molecule has 0 atom stereocenters. The number of nitrogens with zero attached hydrogens (tertiary/aromatic N) is 5. The third-order valence-corrected chi connectivity index (χ3v) is 4.10. The SMILES string of the molecule is CCn1c(-c2nonc2N)nc2cnc(-c3cccc(S)c3)cc21. The van der Waals surface area contributed by atoms with Crippen molar-refractivity contribution in [3.8, 4) is 22.8 Å². The highest BCUT2D eigenvalue weighted by Crippen LogP contribution is 2.29. The predicted molar refractivity (Wildman–Crippen MR) is 93.6 cm³/mol. The molecule has 0 saturated carbocycles. The highest BCUT2D eigenvalue weighted by Gasteiger charge is 2.19. The number of hydrogen-bond acceptors (Lipinski definition) is 7. The van der Waals surface area contributed by atoms with Crippen LogP contribution in [0.5, 0.6) is 0 Å². The Morgan fingerprint density at radius 2 is 2.12 bits per heavy atom. The number of nitrogen functional groups attached to an aromatic ring is 1. The van der Waals surface area contributed by atoms with E-state index in [4.69, 9.17) is 10.4 Å². The molecule has 1 aromatic carbocycles. The lowest BCUT2D eigenvalue weighted by Crippen LogP contribution is -2.00. The van der Waals surface area contributed by atoms with Gasteiger partial charge in [-0.3, -0.25) is 4.98 Å². The lowest BCUT2D eigenvalue weighted by atomic mass is 10.1. The summed E-state index contributed by atoms with van der Waals surface area (Å²) in [4.78, 5) is 9.98. The van der Waals surface area contributed by atoms with Gasteiger partial charge in [-0.1, -0.05) is 12.1 Å². The second-order valence-corrected chi connectivity index (χ2v) is 5.80. The number of thiol groups is 1. The number of fused-ring (bicyclic) bond motifs is 1. The number of hydrogen-bond donors (Lipinski definition) is 2. The van der Waals surface area contributed by atoms with E-state index >= 15 is 0 Å². The fraction of sp³-hybridized carbons (Fsp3) is 0.125. The minimum atomic E-state index is 0.218. The quantitative estimate of drug-likeness (QED) is 0.557. The van der Waals surface area contributed by atoms with Crippen molar-refractivity contribution < 1.29 is 4.63 Å². The van der Waals surface area contributed by atoms with Crippen LogP contribution >= 0.6 is 12.6 Å². The molecule has 3 heterocycles. The fourth-order valence-corrected chi connectivity index (χ4v) is 2.93. The Kier molecular flexibility index (Phi) is 3.46. The van der Waals surface area contributed by atoms with Crippen LogP contribution in [0.3, 0.4) is 0 Å². The van der Waals surface area contributed by atoms with Gasteiger partial charge in [-0.25, -0.2) is 9.61 Å². The zero-order valence-electron chi connectivity index (χ0n) is 12.8. The molecule has 0 amide bonds. The molecule has 0 aliphatic rings. The van der Waals surface area contributed by atoms with Crippen molar-refractivity contribution in [2.24, 2.45) is 0 Å². The van der Waals surface area contributed by atoms with Crippen LogP contribution in [0.1, 0.15) is 6.92 Å². The summed E-state index contributed by atoms with van der Waals surface area (Å²) in [5.74, 6) is 0.837. The summed E-state index contributed by atoms with van der Waals surface area (Å²) in [5, 5.41) is 7.48. The van der Waals surface area contributed by atoms with E-state index < -0.39 is 0 Å². The predicted octanol–water partition coefficient (Wildman–Crippen LogP) is 3.04. The Labute approximate surface area is 142 Å². The zero-order valence-corrected chi connectivity index (χ0v) is 13.7. The molecule has 0 spiro atoms. The lowest BCUT2D eigenvalue weighted by Gasteiger charge is -2.05. The smallest absolute Gasteiger partial charge is 0.199 e. The van der Waals surface area contributed by atoms with Crippen molar-refractivity contribution in [2.45, 2.75) is 18.4 Å². The molecule has 0 unspecified atom stereocenters. The van der Waals surface area contributed by atoms with Crippen molar-refractivity contribution in [1.29, 1.82) is 0 Å². The standard InChI is InChI=1S/C16H14N6OS/c1-2-22-13-7-11(9-4-3-5-10(24)6-9)18-8-12(13)19-16(22)14-15(17)21-23-20-14/h3-8,24H,2H2,1H3,(H2,17,21). The molecule has 0 saturated heterocycles. The van der Waals surface area contributed by atoms with E-state index in [-0.39, 0.29) is 5.82 Å². The van der Waals surface area contributed by atoms with Crippen LogP contribution in [-0.2, 0) is 6.54 Å². The number of pyridine rings is 1. The molecule has 3 aromatic heterocycles. The average Bonchev–Trinajstić information content (AvgIpc) is 3.16. The zero-order chi connectivity index (χ0) is 16.7. The molecule has 24 heavy (non-hydrogen) atoms. The van der Waals surface area contributed by atoms with Crippen molar-refractivity contribution in [3.63, 3.8) is 0 Å². The second-order valence-electron chi connectivity index (χ2n) is 5.29. The van der Waals surface area contributed by atoms with Crippen LogP contribution < -0.4 is 5.73 Å². The first kappa shape index (κ1) is 14.7. The molecule has 2 N–H and O–H groups in total. The minimum Gasteiger partial charge on any atom is -0.379 e. The molecule has 0 aliphatic heterocycles. The van der Waals surface area contributed by atoms with Crippen molar-refractivity contribution in [1.82, 2.24) is 24.8 Å². The van der Waals surface area contributed by atoms with E-state index in [1.54, 1.807) is 6.20 Å². The maximum atomic E-state index is 5.81. The number of rotatable bonds is 3. The van der Waals surface area contributed by atoms with Crippen molar-refractivity contribution >= 4 is 29.5 Å². The highest BCUT2D eigenvalue weighted by atomic mass is 32.1. The summed E-state index contributed by atoms with van der Waals surface area (Å²) >= 11 is 4.39. The van der Waals surface area contributed by atoms with Gasteiger partial charge in [0, 0.05) is 17.0 Å². The summed E-state index contributed by atoms with van der Waals surface area (Å²) in [6, 6.07) is 9.86. The van der Waals surface area contributed by atoms with Gasteiger partial charge in [-0.2, -0.15) is 0 Å². The first-order valence-corrected chi connectivity index (χ1v) is 7.86. The Morgan fingerprint density at radius 3 is 2.83 bits per heavy atom. The van der Waals surface area contributed by atoms with Crippen LogP contribution in [0, 0.1) is 0 Å². The fourth-order valence-electron chi connectivity index (χ4n) is 2.70. The molecule has 120 valence electrons. The van der Waals surface area contributed by atoms with Crippen LogP contribution in [0.4, 0.5) is 5.82 Å². The number of aromatic nitrogens is 5. The van der Waals surface area contributed by atoms with Gasteiger partial charge < -0.3 is 10.3 Å². The van der Waals surface area contributed by atoms with Gasteiger partial charge >= 0.3 is 0 Å². The molecule has 4 rings (SSSR count). The third kappa shape index (κ3) is 2.31. The van der Waals surface area contributed by atoms with E-state index in [0.29, 0.717) is 18.1 Å². The molecule has 7 nitrogen and oxygen atoms in total. The van der Waals surface area contributed by atoms with Crippen LogP contribution in [0.2, 0.25) is 0 Å². The Hall–Kier alpha value is -2.87. The van der Waals surface area contributed by atoms with E-state index in [1.807, 2.05) is 41.8 Å². The molecule has 0 aliphatic carbocycles. The largest absolute Gasteiger partial charge is 0.379 e. The third-order valence-electron chi connectivity index (χ3n) is 3.82. The first-order chi connectivity index (χ1) is 11.7. The topological polar surface area (TPSA) is 95.7 Å². The number of nitrogens with two attached hydrogens (primary N) is 1.